The number of carboxylic acids is 1. The molecular weight excluding hydrogens is 443 g/mol. The zero-order chi connectivity index (χ0) is 23.1. The Morgan fingerprint density at radius 1 is 1.12 bits per heavy atom. The van der Waals surface area contributed by atoms with Gasteiger partial charge in [0.15, 0.2) is 6.61 Å². The van der Waals surface area contributed by atoms with Gasteiger partial charge in [0.1, 0.15) is 11.5 Å². The van der Waals surface area contributed by atoms with Gasteiger partial charge in [-0.1, -0.05) is 12.1 Å². The van der Waals surface area contributed by atoms with Crippen molar-refractivity contribution in [1.82, 2.24) is 4.98 Å². The predicted octanol–water partition coefficient (Wildman–Crippen LogP) is 6.00. The fraction of sp³-hybridized carbons (Fsp3) is 0.304. The Labute approximate surface area is 187 Å². The number of aliphatic carboxylic acids is 1. The van der Waals surface area contributed by atoms with Crippen LogP contribution in [0.2, 0.25) is 0 Å². The van der Waals surface area contributed by atoms with Crippen molar-refractivity contribution in [1.29, 1.82) is 0 Å². The molecule has 9 heteroatoms. The van der Waals surface area contributed by atoms with E-state index < -0.39 is 24.3 Å². The van der Waals surface area contributed by atoms with Crippen molar-refractivity contribution in [3.8, 4) is 22.8 Å². The Hall–Kier alpha value is -3.07. The number of nitrogens with zero attached hydrogens (tertiary/aromatic N) is 1. The summed E-state index contributed by atoms with van der Waals surface area (Å²) in [5.41, 5.74) is 1.11. The topological polar surface area (TPSA) is 68.7 Å². The number of hydrogen-bond donors (Lipinski definition) is 1. The summed E-state index contributed by atoms with van der Waals surface area (Å²) in [7, 11) is 0. The number of hydrogen-bond acceptors (Lipinski definition) is 5. The number of benzene rings is 2. The molecule has 5 nitrogen and oxygen atoms in total. The van der Waals surface area contributed by atoms with E-state index in [0.29, 0.717) is 35.8 Å². The fourth-order valence-electron chi connectivity index (χ4n) is 2.99. The molecule has 0 saturated carbocycles. The lowest BCUT2D eigenvalue weighted by Gasteiger charge is -2.10. The van der Waals surface area contributed by atoms with Crippen molar-refractivity contribution in [3.05, 3.63) is 64.0 Å². The molecule has 170 valence electrons. The number of ether oxygens (including phenoxy) is 2. The van der Waals surface area contributed by atoms with Crippen LogP contribution < -0.4 is 9.47 Å². The van der Waals surface area contributed by atoms with Crippen molar-refractivity contribution in [2.45, 2.75) is 32.4 Å². The second kappa shape index (κ2) is 10.5. The third-order valence-electron chi connectivity index (χ3n) is 4.59. The number of halogens is 3. The first-order valence-corrected chi connectivity index (χ1v) is 10.8. The molecule has 2 aromatic carbocycles. The molecule has 0 atom stereocenters. The van der Waals surface area contributed by atoms with E-state index in [1.807, 2.05) is 6.92 Å². The van der Waals surface area contributed by atoms with Gasteiger partial charge < -0.3 is 14.6 Å². The van der Waals surface area contributed by atoms with E-state index >= 15 is 0 Å². The van der Waals surface area contributed by atoms with E-state index in [0.717, 1.165) is 35.5 Å². The Morgan fingerprint density at radius 3 is 2.66 bits per heavy atom. The van der Waals surface area contributed by atoms with Gasteiger partial charge in [0, 0.05) is 10.9 Å². The van der Waals surface area contributed by atoms with E-state index in [-0.39, 0.29) is 0 Å². The average Bonchev–Trinajstić information content (AvgIpc) is 3.21. The summed E-state index contributed by atoms with van der Waals surface area (Å²) < 4.78 is 49.6. The molecule has 0 aliphatic carbocycles. The van der Waals surface area contributed by atoms with Crippen LogP contribution in [-0.4, -0.2) is 29.3 Å². The zero-order valence-corrected chi connectivity index (χ0v) is 18.1. The molecule has 0 aliphatic heterocycles. The lowest BCUT2D eigenvalue weighted by atomic mass is 10.1. The highest BCUT2D eigenvalue weighted by molar-refractivity contribution is 7.09. The predicted molar refractivity (Wildman–Crippen MR) is 115 cm³/mol. The Morgan fingerprint density at radius 2 is 1.94 bits per heavy atom. The normalized spacial score (nSPS) is 11.4. The number of aryl methyl sites for hydroxylation is 2. The van der Waals surface area contributed by atoms with Crippen LogP contribution in [0.3, 0.4) is 0 Å². The van der Waals surface area contributed by atoms with E-state index in [2.05, 4.69) is 4.98 Å². The van der Waals surface area contributed by atoms with Gasteiger partial charge in [0.2, 0.25) is 0 Å². The summed E-state index contributed by atoms with van der Waals surface area (Å²) in [6, 6.07) is 10.4. The highest BCUT2D eigenvalue weighted by Crippen LogP contribution is 2.32. The fourth-order valence-corrected chi connectivity index (χ4v) is 3.84. The number of rotatable bonds is 10. The van der Waals surface area contributed by atoms with Crippen molar-refractivity contribution >= 4 is 17.3 Å². The molecule has 0 unspecified atom stereocenters. The average molecular weight is 465 g/mol. The molecule has 3 rings (SSSR count). The summed E-state index contributed by atoms with van der Waals surface area (Å²) in [5.74, 6) is 0.137. The maximum Gasteiger partial charge on any atom is 0.416 e. The molecule has 32 heavy (non-hydrogen) atoms. The van der Waals surface area contributed by atoms with Crippen LogP contribution in [0.4, 0.5) is 13.2 Å². The number of thiazole rings is 1. The number of aromatic nitrogens is 1. The SMILES string of the molecule is Cc1cc(OCCCCc2nc(-c3cccc(C(F)(F)F)c3)cs2)ccc1OCC(=O)O. The molecule has 0 radical (unpaired) electrons. The Bertz CT molecular complexity index is 1070. The first-order chi connectivity index (χ1) is 15.2. The number of carboxylic acid groups (broad SMARTS) is 1. The number of unbranched alkanes of at least 4 members (excludes halogenated alkanes) is 1. The third-order valence-corrected chi connectivity index (χ3v) is 5.50. The second-order valence-corrected chi connectivity index (χ2v) is 8.06. The van der Waals surface area contributed by atoms with Gasteiger partial charge in [0.05, 0.1) is 22.9 Å². The molecule has 1 heterocycles. The maximum absolute atomic E-state index is 12.9. The van der Waals surface area contributed by atoms with Crippen LogP contribution in [-0.2, 0) is 17.4 Å². The molecule has 0 spiro atoms. The van der Waals surface area contributed by atoms with Crippen molar-refractivity contribution in [2.24, 2.45) is 0 Å². The van der Waals surface area contributed by atoms with E-state index in [1.54, 1.807) is 29.6 Å². The molecule has 3 aromatic rings. The standard InChI is InChI=1S/C23H22F3NO4S/c1-15-11-18(8-9-20(15)31-13-22(28)29)30-10-3-2-7-21-27-19(14-32-21)16-5-4-6-17(12-16)23(24,25)26/h4-6,8-9,11-12,14H,2-3,7,10,13H2,1H3,(H,28,29). The van der Waals surface area contributed by atoms with Gasteiger partial charge in [-0.25, -0.2) is 9.78 Å². The molecule has 0 fully saturated rings. The highest BCUT2D eigenvalue weighted by Gasteiger charge is 2.30. The van der Waals surface area contributed by atoms with Gasteiger partial charge in [-0.15, -0.1) is 11.3 Å². The molecule has 0 saturated heterocycles. The van der Waals surface area contributed by atoms with E-state index in [4.69, 9.17) is 14.6 Å². The second-order valence-electron chi connectivity index (χ2n) is 7.12. The van der Waals surface area contributed by atoms with E-state index in [1.165, 1.54) is 17.4 Å². The van der Waals surface area contributed by atoms with Crippen LogP contribution in [0.15, 0.2) is 47.8 Å². The summed E-state index contributed by atoms with van der Waals surface area (Å²) >= 11 is 1.43. The largest absolute Gasteiger partial charge is 0.494 e. The van der Waals surface area contributed by atoms with Gasteiger partial charge in [-0.2, -0.15) is 13.2 Å². The van der Waals surface area contributed by atoms with Crippen LogP contribution in [0.25, 0.3) is 11.3 Å². The van der Waals surface area contributed by atoms with Crippen LogP contribution in [0.1, 0.15) is 29.0 Å². The van der Waals surface area contributed by atoms with Crippen LogP contribution in [0, 0.1) is 6.92 Å². The summed E-state index contributed by atoms with van der Waals surface area (Å²) in [4.78, 5) is 15.1. The quantitative estimate of drug-likeness (QED) is 0.372. The summed E-state index contributed by atoms with van der Waals surface area (Å²) in [6.45, 7) is 1.92. The molecular formula is C23H22F3NO4S. The van der Waals surface area contributed by atoms with Gasteiger partial charge in [0.25, 0.3) is 0 Å². The Balaban J connectivity index is 1.45. The molecule has 1 N–H and O–H groups in total. The van der Waals surface area contributed by atoms with Gasteiger partial charge in [-0.05, 0) is 62.1 Å². The lowest BCUT2D eigenvalue weighted by Crippen LogP contribution is -2.10. The Kier molecular flexibility index (Phi) is 7.74. The molecule has 0 bridgehead atoms. The van der Waals surface area contributed by atoms with E-state index in [9.17, 15) is 18.0 Å². The minimum atomic E-state index is -4.38. The van der Waals surface area contributed by atoms with Crippen molar-refractivity contribution in [2.75, 3.05) is 13.2 Å². The van der Waals surface area contributed by atoms with Crippen molar-refractivity contribution < 1.29 is 32.5 Å². The monoisotopic (exact) mass is 465 g/mol. The number of carbonyl (C=O) groups is 1. The lowest BCUT2D eigenvalue weighted by molar-refractivity contribution is -0.139. The van der Waals surface area contributed by atoms with Gasteiger partial charge in [-0.3, -0.25) is 0 Å². The third kappa shape index (κ3) is 6.71. The first kappa shape index (κ1) is 23.6. The number of alkyl halides is 3. The van der Waals surface area contributed by atoms with Crippen molar-refractivity contribution in [3.63, 3.8) is 0 Å². The summed E-state index contributed by atoms with van der Waals surface area (Å²) in [6.07, 6.45) is -2.05. The maximum atomic E-state index is 12.9. The van der Waals surface area contributed by atoms with Gasteiger partial charge >= 0.3 is 12.1 Å². The minimum Gasteiger partial charge on any atom is -0.494 e. The zero-order valence-electron chi connectivity index (χ0n) is 17.3. The smallest absolute Gasteiger partial charge is 0.416 e. The summed E-state index contributed by atoms with van der Waals surface area (Å²) in [5, 5.41) is 11.3. The van der Waals surface area contributed by atoms with Crippen LogP contribution >= 0.6 is 11.3 Å². The molecule has 1 aromatic heterocycles. The van der Waals surface area contributed by atoms with Crippen LogP contribution in [0.5, 0.6) is 11.5 Å². The first-order valence-electron chi connectivity index (χ1n) is 9.92. The highest BCUT2D eigenvalue weighted by atomic mass is 32.1. The molecule has 0 amide bonds. The minimum absolute atomic E-state index is 0.396. The molecule has 0 aliphatic rings.